The first-order valence-electron chi connectivity index (χ1n) is 7.48. The van der Waals surface area contributed by atoms with Crippen LogP contribution in [0.5, 0.6) is 0 Å². The van der Waals surface area contributed by atoms with Gasteiger partial charge in [-0.3, -0.25) is 4.79 Å². The Bertz CT molecular complexity index is 364. The van der Waals surface area contributed by atoms with Gasteiger partial charge in [-0.2, -0.15) is 0 Å². The minimum Gasteiger partial charge on any atom is -0.467 e. The van der Waals surface area contributed by atoms with Crippen molar-refractivity contribution in [2.24, 2.45) is 17.3 Å². The number of methoxy groups -OCH3 is 1. The standard InChI is InChI=1S/C16H29NO3/c1-11(18)17-16(5,14(19)20-6)13-9-7-12(8-10-13)15(2,3)4/h12-13H,7-10H2,1-6H3,(H,17,18)/t12?,13?,16-/m1/s1. The van der Waals surface area contributed by atoms with Gasteiger partial charge in [0.05, 0.1) is 7.11 Å². The van der Waals surface area contributed by atoms with Gasteiger partial charge in [-0.05, 0) is 49.9 Å². The Morgan fingerprint density at radius 3 is 1.80 bits per heavy atom. The summed E-state index contributed by atoms with van der Waals surface area (Å²) in [4.78, 5) is 23.5. The van der Waals surface area contributed by atoms with Crippen molar-refractivity contribution in [3.05, 3.63) is 0 Å². The molecule has 0 bridgehead atoms. The zero-order chi connectivity index (χ0) is 15.6. The Hall–Kier alpha value is -1.06. The predicted octanol–water partition coefficient (Wildman–Crippen LogP) is 2.91. The first-order valence-corrected chi connectivity index (χ1v) is 7.48. The lowest BCUT2D eigenvalue weighted by atomic mass is 9.66. The van der Waals surface area contributed by atoms with E-state index in [9.17, 15) is 9.59 Å². The zero-order valence-electron chi connectivity index (χ0n) is 13.7. The van der Waals surface area contributed by atoms with Crippen molar-refractivity contribution in [3.63, 3.8) is 0 Å². The van der Waals surface area contributed by atoms with Crippen molar-refractivity contribution < 1.29 is 14.3 Å². The molecule has 4 heteroatoms. The van der Waals surface area contributed by atoms with Crippen LogP contribution in [0.25, 0.3) is 0 Å². The third-order valence-electron chi connectivity index (χ3n) is 4.81. The zero-order valence-corrected chi connectivity index (χ0v) is 13.7. The van der Waals surface area contributed by atoms with Gasteiger partial charge in [0.1, 0.15) is 5.54 Å². The van der Waals surface area contributed by atoms with Gasteiger partial charge in [-0.25, -0.2) is 4.79 Å². The van der Waals surface area contributed by atoms with Crippen LogP contribution in [0.15, 0.2) is 0 Å². The molecule has 0 aliphatic heterocycles. The summed E-state index contributed by atoms with van der Waals surface area (Å²) >= 11 is 0. The summed E-state index contributed by atoms with van der Waals surface area (Å²) in [6, 6.07) is 0. The quantitative estimate of drug-likeness (QED) is 0.810. The summed E-state index contributed by atoms with van der Waals surface area (Å²) in [6.07, 6.45) is 4.10. The molecule has 0 saturated heterocycles. The fourth-order valence-electron chi connectivity index (χ4n) is 3.43. The second-order valence-electron chi connectivity index (χ2n) is 7.29. The highest BCUT2D eigenvalue weighted by Gasteiger charge is 2.45. The van der Waals surface area contributed by atoms with Gasteiger partial charge in [0.25, 0.3) is 0 Å². The number of carbonyl (C=O) groups excluding carboxylic acids is 2. The maximum Gasteiger partial charge on any atom is 0.331 e. The lowest BCUT2D eigenvalue weighted by Gasteiger charge is -2.43. The van der Waals surface area contributed by atoms with E-state index in [1.807, 2.05) is 0 Å². The molecule has 1 aliphatic rings. The average Bonchev–Trinajstić information content (AvgIpc) is 2.36. The van der Waals surface area contributed by atoms with Gasteiger partial charge in [-0.15, -0.1) is 0 Å². The Morgan fingerprint density at radius 1 is 1.00 bits per heavy atom. The molecule has 0 unspecified atom stereocenters. The lowest BCUT2D eigenvalue weighted by molar-refractivity contribution is -0.153. The van der Waals surface area contributed by atoms with Crippen LogP contribution >= 0.6 is 0 Å². The summed E-state index contributed by atoms with van der Waals surface area (Å²) in [7, 11) is 1.38. The average molecular weight is 283 g/mol. The van der Waals surface area contributed by atoms with Gasteiger partial charge in [-0.1, -0.05) is 20.8 Å². The van der Waals surface area contributed by atoms with Crippen molar-refractivity contribution in [1.29, 1.82) is 0 Å². The highest BCUT2D eigenvalue weighted by molar-refractivity contribution is 5.87. The first kappa shape index (κ1) is 17.0. The maximum atomic E-state index is 12.1. The Labute approximate surface area is 122 Å². The van der Waals surface area contributed by atoms with E-state index in [2.05, 4.69) is 26.1 Å². The van der Waals surface area contributed by atoms with E-state index in [1.54, 1.807) is 6.92 Å². The number of ether oxygens (including phenoxy) is 1. The van der Waals surface area contributed by atoms with Gasteiger partial charge in [0.15, 0.2) is 0 Å². The highest BCUT2D eigenvalue weighted by atomic mass is 16.5. The number of amides is 1. The Morgan fingerprint density at radius 2 is 1.45 bits per heavy atom. The molecule has 0 aromatic rings. The molecule has 0 spiro atoms. The van der Waals surface area contributed by atoms with Crippen molar-refractivity contribution >= 4 is 11.9 Å². The van der Waals surface area contributed by atoms with Crippen LogP contribution in [-0.4, -0.2) is 24.5 Å². The molecule has 0 aromatic carbocycles. The highest BCUT2D eigenvalue weighted by Crippen LogP contribution is 2.43. The third kappa shape index (κ3) is 3.74. The fourth-order valence-corrected chi connectivity index (χ4v) is 3.43. The van der Waals surface area contributed by atoms with Crippen molar-refractivity contribution in [3.8, 4) is 0 Å². The summed E-state index contributed by atoms with van der Waals surface area (Å²) in [5.74, 6) is 0.304. The molecule has 116 valence electrons. The molecule has 1 aliphatic carbocycles. The Balaban J connectivity index is 2.81. The van der Waals surface area contributed by atoms with Crippen LogP contribution in [0.1, 0.15) is 60.3 Å². The molecule has 0 aromatic heterocycles. The second-order valence-corrected chi connectivity index (χ2v) is 7.29. The second kappa shape index (κ2) is 6.15. The van der Waals surface area contributed by atoms with Gasteiger partial charge >= 0.3 is 5.97 Å². The SMILES string of the molecule is COC(=O)[C@](C)(NC(C)=O)C1CCC(C(C)(C)C)CC1. The largest absolute Gasteiger partial charge is 0.467 e. The molecular formula is C16H29NO3. The van der Waals surface area contributed by atoms with Gasteiger partial charge in [0.2, 0.25) is 5.91 Å². The van der Waals surface area contributed by atoms with E-state index in [0.717, 1.165) is 25.7 Å². The van der Waals surface area contributed by atoms with Gasteiger partial charge < -0.3 is 10.1 Å². The monoisotopic (exact) mass is 283 g/mol. The van der Waals surface area contributed by atoms with E-state index in [1.165, 1.54) is 14.0 Å². The molecule has 20 heavy (non-hydrogen) atoms. The summed E-state index contributed by atoms with van der Waals surface area (Å²) in [5, 5.41) is 2.82. The van der Waals surface area contributed by atoms with E-state index < -0.39 is 5.54 Å². The van der Waals surface area contributed by atoms with Crippen molar-refractivity contribution in [1.82, 2.24) is 5.32 Å². The molecule has 1 amide bonds. The van der Waals surface area contributed by atoms with Crippen LogP contribution in [0, 0.1) is 17.3 Å². The topological polar surface area (TPSA) is 55.4 Å². The number of hydrogen-bond donors (Lipinski definition) is 1. The molecule has 4 nitrogen and oxygen atoms in total. The molecule has 1 fully saturated rings. The number of esters is 1. The predicted molar refractivity (Wildman–Crippen MR) is 79.1 cm³/mol. The van der Waals surface area contributed by atoms with E-state index in [-0.39, 0.29) is 17.8 Å². The van der Waals surface area contributed by atoms with Crippen LogP contribution in [0.3, 0.4) is 0 Å². The van der Waals surface area contributed by atoms with Gasteiger partial charge in [0, 0.05) is 6.92 Å². The van der Waals surface area contributed by atoms with Crippen LogP contribution in [0.2, 0.25) is 0 Å². The first-order chi connectivity index (χ1) is 9.11. The van der Waals surface area contributed by atoms with E-state index in [4.69, 9.17) is 4.74 Å². The summed E-state index contributed by atoms with van der Waals surface area (Å²) in [6.45, 7) is 10.0. The fraction of sp³-hybridized carbons (Fsp3) is 0.875. The normalized spacial score (nSPS) is 26.5. The smallest absolute Gasteiger partial charge is 0.331 e. The maximum absolute atomic E-state index is 12.1. The molecule has 1 atom stereocenters. The minimum absolute atomic E-state index is 0.150. The minimum atomic E-state index is -0.899. The molecular weight excluding hydrogens is 254 g/mol. The van der Waals surface area contributed by atoms with Crippen molar-refractivity contribution in [2.45, 2.75) is 65.8 Å². The van der Waals surface area contributed by atoms with Crippen LogP contribution in [-0.2, 0) is 14.3 Å². The summed E-state index contributed by atoms with van der Waals surface area (Å²) < 4.78 is 4.91. The summed E-state index contributed by atoms with van der Waals surface area (Å²) in [5.41, 5.74) is -0.593. The molecule has 0 radical (unpaired) electrons. The van der Waals surface area contributed by atoms with Crippen LogP contribution < -0.4 is 5.32 Å². The molecule has 1 rings (SSSR count). The number of carbonyl (C=O) groups is 2. The lowest BCUT2D eigenvalue weighted by Crippen LogP contribution is -2.58. The Kier molecular flexibility index (Phi) is 5.22. The van der Waals surface area contributed by atoms with E-state index >= 15 is 0 Å². The molecule has 1 N–H and O–H groups in total. The number of nitrogens with one attached hydrogen (secondary N) is 1. The van der Waals surface area contributed by atoms with Crippen LogP contribution in [0.4, 0.5) is 0 Å². The molecule has 1 saturated carbocycles. The third-order valence-corrected chi connectivity index (χ3v) is 4.81. The van der Waals surface area contributed by atoms with E-state index in [0.29, 0.717) is 11.3 Å². The van der Waals surface area contributed by atoms with Crippen molar-refractivity contribution in [2.75, 3.05) is 7.11 Å². The number of hydrogen-bond acceptors (Lipinski definition) is 3. The molecule has 0 heterocycles. The number of rotatable bonds is 3.